The minimum absolute atomic E-state index is 0.0708. The monoisotopic (exact) mass is 490 g/mol. The number of aryl methyl sites for hydroxylation is 2. The van der Waals surface area contributed by atoms with Crippen LogP contribution in [0, 0.1) is 25.2 Å². The van der Waals surface area contributed by atoms with Crippen molar-refractivity contribution in [2.45, 2.75) is 60.6 Å². The van der Waals surface area contributed by atoms with Crippen molar-refractivity contribution in [3.05, 3.63) is 69.5 Å². The molecule has 0 aliphatic rings. The Morgan fingerprint density at radius 3 is 2.54 bits per heavy atom. The highest BCUT2D eigenvalue weighted by Gasteiger charge is 2.19. The van der Waals surface area contributed by atoms with Crippen LogP contribution in [0.5, 0.6) is 0 Å². The van der Waals surface area contributed by atoms with E-state index in [2.05, 4.69) is 23.4 Å². The van der Waals surface area contributed by atoms with Crippen LogP contribution >= 0.6 is 11.3 Å². The number of nitriles is 1. The van der Waals surface area contributed by atoms with Crippen LogP contribution in [-0.4, -0.2) is 21.4 Å². The molecule has 3 rings (SSSR count). The van der Waals surface area contributed by atoms with E-state index in [-0.39, 0.29) is 18.1 Å². The number of hydrogen-bond acceptors (Lipinski definition) is 6. The lowest BCUT2D eigenvalue weighted by molar-refractivity contribution is -0.139. The molecule has 1 amide bonds. The Morgan fingerprint density at radius 2 is 1.94 bits per heavy atom. The molecule has 0 atom stereocenters. The van der Waals surface area contributed by atoms with Crippen LogP contribution in [0.2, 0.25) is 0 Å². The van der Waals surface area contributed by atoms with E-state index in [0.717, 1.165) is 42.0 Å². The van der Waals surface area contributed by atoms with Crippen LogP contribution in [-0.2, 0) is 33.9 Å². The van der Waals surface area contributed by atoms with Gasteiger partial charge in [-0.1, -0.05) is 26.0 Å². The van der Waals surface area contributed by atoms with Crippen molar-refractivity contribution >= 4 is 40.1 Å². The fraction of sp³-hybridized carbons (Fsp3) is 0.333. The van der Waals surface area contributed by atoms with Gasteiger partial charge in [0.1, 0.15) is 18.2 Å². The lowest BCUT2D eigenvalue weighted by Gasteiger charge is -2.18. The van der Waals surface area contributed by atoms with Gasteiger partial charge in [-0.3, -0.25) is 9.69 Å². The normalized spacial score (nSPS) is 11.3. The summed E-state index contributed by atoms with van der Waals surface area (Å²) in [5.74, 6) is -0.872. The van der Waals surface area contributed by atoms with Crippen molar-refractivity contribution < 1.29 is 14.3 Å². The fourth-order valence-electron chi connectivity index (χ4n) is 3.82. The van der Waals surface area contributed by atoms with Crippen LogP contribution in [0.15, 0.2) is 41.3 Å². The molecule has 0 spiro atoms. The van der Waals surface area contributed by atoms with Gasteiger partial charge in [0.25, 0.3) is 0 Å². The van der Waals surface area contributed by atoms with Crippen molar-refractivity contribution in [2.24, 2.45) is 0 Å². The maximum Gasteiger partial charge on any atom is 0.349 e. The van der Waals surface area contributed by atoms with Gasteiger partial charge in [0.05, 0.1) is 11.4 Å². The Bertz CT molecular complexity index is 1280. The SMILES string of the molecule is CCCn1c(C)cc(C=C(C#N)C(=O)OCc2csc(N(C(C)=O)c3ccc(CC)cc3)n2)c1C. The number of aromatic nitrogens is 2. The third kappa shape index (κ3) is 6.06. The first-order chi connectivity index (χ1) is 16.8. The van der Waals surface area contributed by atoms with Crippen molar-refractivity contribution in [2.75, 3.05) is 4.90 Å². The highest BCUT2D eigenvalue weighted by atomic mass is 32.1. The Balaban J connectivity index is 1.73. The van der Waals surface area contributed by atoms with E-state index in [9.17, 15) is 14.9 Å². The molecule has 0 saturated heterocycles. The van der Waals surface area contributed by atoms with Crippen LogP contribution in [0.25, 0.3) is 6.08 Å². The van der Waals surface area contributed by atoms with Gasteiger partial charge in [0, 0.05) is 30.2 Å². The number of esters is 1. The van der Waals surface area contributed by atoms with Gasteiger partial charge in [-0.15, -0.1) is 11.3 Å². The third-order valence-electron chi connectivity index (χ3n) is 5.70. The van der Waals surface area contributed by atoms with Crippen molar-refractivity contribution in [1.29, 1.82) is 5.26 Å². The second-order valence-corrected chi connectivity index (χ2v) is 9.06. The zero-order valence-electron chi connectivity index (χ0n) is 20.8. The average Bonchev–Trinajstić information content (AvgIpc) is 3.41. The molecule has 0 saturated carbocycles. The van der Waals surface area contributed by atoms with E-state index >= 15 is 0 Å². The lowest BCUT2D eigenvalue weighted by Crippen LogP contribution is -2.22. The molecule has 0 aliphatic carbocycles. The first-order valence-corrected chi connectivity index (χ1v) is 12.5. The van der Waals surface area contributed by atoms with Gasteiger partial charge in [-0.2, -0.15) is 5.26 Å². The molecule has 0 unspecified atom stereocenters. The summed E-state index contributed by atoms with van der Waals surface area (Å²) < 4.78 is 7.54. The topological polar surface area (TPSA) is 88.2 Å². The molecular weight excluding hydrogens is 460 g/mol. The Morgan fingerprint density at radius 1 is 1.23 bits per heavy atom. The van der Waals surface area contributed by atoms with Crippen molar-refractivity contribution in [1.82, 2.24) is 9.55 Å². The molecule has 0 aliphatic heterocycles. The molecule has 0 fully saturated rings. The van der Waals surface area contributed by atoms with E-state index in [1.165, 1.54) is 28.7 Å². The summed E-state index contributed by atoms with van der Waals surface area (Å²) in [7, 11) is 0. The number of nitrogens with zero attached hydrogens (tertiary/aromatic N) is 4. The predicted molar refractivity (Wildman–Crippen MR) is 138 cm³/mol. The molecule has 182 valence electrons. The zero-order valence-corrected chi connectivity index (χ0v) is 21.6. The number of carbonyl (C=O) groups is 2. The summed E-state index contributed by atoms with van der Waals surface area (Å²) in [5, 5.41) is 11.8. The number of thiazole rings is 1. The number of rotatable bonds is 9. The van der Waals surface area contributed by atoms with E-state index < -0.39 is 5.97 Å². The number of ether oxygens (including phenoxy) is 1. The molecule has 2 aromatic heterocycles. The van der Waals surface area contributed by atoms with E-state index in [1.807, 2.05) is 50.2 Å². The highest BCUT2D eigenvalue weighted by molar-refractivity contribution is 7.14. The molecule has 0 radical (unpaired) electrons. The van der Waals surface area contributed by atoms with Gasteiger partial charge < -0.3 is 9.30 Å². The van der Waals surface area contributed by atoms with E-state index in [0.29, 0.717) is 10.8 Å². The van der Waals surface area contributed by atoms with Gasteiger partial charge in [-0.05, 0) is 62.1 Å². The summed E-state index contributed by atoms with van der Waals surface area (Å²) in [6.07, 6.45) is 3.48. The van der Waals surface area contributed by atoms with Crippen LogP contribution < -0.4 is 4.90 Å². The van der Waals surface area contributed by atoms with Crippen LogP contribution in [0.1, 0.15) is 55.4 Å². The van der Waals surface area contributed by atoms with E-state index in [1.54, 1.807) is 11.5 Å². The molecule has 0 bridgehead atoms. The second-order valence-electron chi connectivity index (χ2n) is 8.22. The van der Waals surface area contributed by atoms with Crippen molar-refractivity contribution in [3.8, 4) is 6.07 Å². The van der Waals surface area contributed by atoms with E-state index in [4.69, 9.17) is 4.74 Å². The summed E-state index contributed by atoms with van der Waals surface area (Å²) in [6, 6.07) is 11.7. The molecule has 1 aromatic carbocycles. The average molecular weight is 491 g/mol. The molecule has 0 N–H and O–H groups in total. The van der Waals surface area contributed by atoms with Crippen LogP contribution in [0.3, 0.4) is 0 Å². The fourth-order valence-corrected chi connectivity index (χ4v) is 4.70. The maximum absolute atomic E-state index is 12.6. The standard InChI is InChI=1S/C27H30N4O3S/c1-6-12-30-18(3)13-22(19(30)4)14-23(15-28)26(33)34-16-24-17-35-27(29-24)31(20(5)32)25-10-8-21(7-2)9-11-25/h8-11,13-14,17H,6-7,12,16H2,1-5H3. The highest BCUT2D eigenvalue weighted by Crippen LogP contribution is 2.29. The number of carbonyl (C=O) groups excluding carboxylic acids is 2. The Kier molecular flexibility index (Phi) is 8.61. The number of amides is 1. The van der Waals surface area contributed by atoms with Crippen LogP contribution in [0.4, 0.5) is 10.8 Å². The van der Waals surface area contributed by atoms with Crippen molar-refractivity contribution in [3.63, 3.8) is 0 Å². The quantitative estimate of drug-likeness (QED) is 0.213. The molecule has 7 nitrogen and oxygen atoms in total. The lowest BCUT2D eigenvalue weighted by atomic mass is 10.1. The molecule has 3 aromatic rings. The molecule has 35 heavy (non-hydrogen) atoms. The van der Waals surface area contributed by atoms with Gasteiger partial charge in [-0.25, -0.2) is 9.78 Å². The second kappa shape index (κ2) is 11.6. The molecule has 2 heterocycles. The summed E-state index contributed by atoms with van der Waals surface area (Å²) in [5.41, 5.74) is 5.25. The predicted octanol–water partition coefficient (Wildman–Crippen LogP) is 5.87. The summed E-state index contributed by atoms with van der Waals surface area (Å²) >= 11 is 1.29. The first kappa shape index (κ1) is 25.9. The zero-order chi connectivity index (χ0) is 25.5. The molecular formula is C27H30N4O3S. The first-order valence-electron chi connectivity index (χ1n) is 11.6. The Hall–Kier alpha value is -3.70. The minimum Gasteiger partial charge on any atom is -0.455 e. The number of hydrogen-bond donors (Lipinski definition) is 0. The summed E-state index contributed by atoms with van der Waals surface area (Å²) in [6.45, 7) is 10.4. The van der Waals surface area contributed by atoms with Gasteiger partial charge in [0.2, 0.25) is 5.91 Å². The number of anilines is 2. The minimum atomic E-state index is -0.707. The van der Waals surface area contributed by atoms with Gasteiger partial charge in [0.15, 0.2) is 5.13 Å². The maximum atomic E-state index is 12.6. The smallest absolute Gasteiger partial charge is 0.349 e. The molecule has 8 heteroatoms. The largest absolute Gasteiger partial charge is 0.455 e. The summed E-state index contributed by atoms with van der Waals surface area (Å²) in [4.78, 5) is 30.9. The Labute approximate surface area is 210 Å². The third-order valence-corrected chi connectivity index (χ3v) is 6.57. The van der Waals surface area contributed by atoms with Gasteiger partial charge >= 0.3 is 5.97 Å². The number of benzene rings is 1.